The number of hydrogen-bond donors (Lipinski definition) is 0. The van der Waals surface area contributed by atoms with Crippen molar-refractivity contribution in [2.24, 2.45) is 5.11 Å². The highest BCUT2D eigenvalue weighted by molar-refractivity contribution is 4.91. The Kier molecular flexibility index (Phi) is 9.18. The Morgan fingerprint density at radius 3 is 1.15 bits per heavy atom. The molecule has 3 saturated heterocycles. The summed E-state index contributed by atoms with van der Waals surface area (Å²) in [7, 11) is 0. The minimum absolute atomic E-state index is 0.0503. The summed E-state index contributed by atoms with van der Waals surface area (Å²) in [6.07, 6.45) is -0.943. The summed E-state index contributed by atoms with van der Waals surface area (Å²) in [5.41, 5.74) is 8.22. The van der Waals surface area contributed by atoms with Gasteiger partial charge in [-0.05, 0) is 47.1 Å². The molecule has 12 nitrogen and oxygen atoms in total. The Labute approximate surface area is 201 Å². The topological polar surface area (TPSA) is 132 Å². The van der Waals surface area contributed by atoms with Crippen LogP contribution in [0.15, 0.2) is 5.11 Å². The van der Waals surface area contributed by atoms with Gasteiger partial charge in [0.05, 0.1) is 59.5 Å². The minimum Gasteiger partial charge on any atom is -0.373 e. The molecule has 0 spiro atoms. The van der Waals surface area contributed by atoms with Gasteiger partial charge >= 0.3 is 0 Å². The molecule has 0 aromatic heterocycles. The van der Waals surface area contributed by atoms with Crippen LogP contribution < -0.4 is 0 Å². The highest BCUT2D eigenvalue weighted by Gasteiger charge is 2.38. The van der Waals surface area contributed by atoms with E-state index in [0.717, 1.165) is 0 Å². The van der Waals surface area contributed by atoms with Gasteiger partial charge in [0.1, 0.15) is 23.9 Å². The zero-order valence-corrected chi connectivity index (χ0v) is 21.1. The van der Waals surface area contributed by atoms with Crippen LogP contribution in [0.1, 0.15) is 41.5 Å². The van der Waals surface area contributed by atoms with Gasteiger partial charge in [-0.1, -0.05) is 5.11 Å². The van der Waals surface area contributed by atoms with E-state index in [9.17, 15) is 5.53 Å². The monoisotopic (exact) mass is 489 g/mol. The van der Waals surface area contributed by atoms with Crippen molar-refractivity contribution in [1.29, 1.82) is 0 Å². The molecule has 3 fully saturated rings. The van der Waals surface area contributed by atoms with Crippen molar-refractivity contribution >= 4 is 0 Å². The van der Waals surface area contributed by atoms with E-state index in [0.29, 0.717) is 39.6 Å². The lowest BCUT2D eigenvalue weighted by Gasteiger charge is -2.39. The van der Waals surface area contributed by atoms with Crippen molar-refractivity contribution < 1.29 is 42.6 Å². The lowest BCUT2D eigenvalue weighted by atomic mass is 10.0. The molecule has 0 N–H and O–H groups in total. The van der Waals surface area contributed by atoms with Gasteiger partial charge < -0.3 is 42.6 Å². The van der Waals surface area contributed by atoms with Crippen molar-refractivity contribution in [2.75, 3.05) is 59.5 Å². The normalized spacial score (nSPS) is 26.2. The Hall–Kier alpha value is -1.05. The van der Waals surface area contributed by atoms with Crippen LogP contribution in [0.4, 0.5) is 0 Å². The van der Waals surface area contributed by atoms with E-state index in [4.69, 9.17) is 42.6 Å². The molecule has 196 valence electrons. The summed E-state index contributed by atoms with van der Waals surface area (Å²) in [5.74, 6) is -1.97. The molecule has 3 heterocycles. The van der Waals surface area contributed by atoms with E-state index >= 15 is 0 Å². The first-order valence-electron chi connectivity index (χ1n) is 11.7. The fourth-order valence-corrected chi connectivity index (χ4v) is 3.45. The number of nitrogens with zero attached hydrogens (tertiary/aromatic N) is 3. The summed E-state index contributed by atoms with van der Waals surface area (Å²) < 4.78 is 52.2. The van der Waals surface area contributed by atoms with Crippen molar-refractivity contribution in [3.63, 3.8) is 0 Å². The van der Waals surface area contributed by atoms with Gasteiger partial charge in [-0.3, -0.25) is 0 Å². The molecule has 0 bridgehead atoms. The standard InChI is InChI=1S/C22H39N3O9/c1-19(2)29-7-16(8-30-19)26-13-22(24-25-23,14-27-17-9-31-20(3,4)32-10-17)15-28-18-11-33-21(5,6)34-12-18/h16-18H,7-15H2,1-6H3. The average Bonchev–Trinajstić information content (AvgIpc) is 2.77. The molecule has 3 rings (SSSR count). The maximum absolute atomic E-state index is 9.36. The fraction of sp³-hybridized carbons (Fsp3) is 1.00. The number of rotatable bonds is 10. The first-order valence-corrected chi connectivity index (χ1v) is 11.7. The molecule has 3 aliphatic heterocycles. The molecule has 3 aliphatic rings. The van der Waals surface area contributed by atoms with Gasteiger partial charge in [-0.2, -0.15) is 0 Å². The molecule has 12 heteroatoms. The summed E-state index contributed by atoms with van der Waals surface area (Å²) in [6, 6.07) is 0. The third kappa shape index (κ3) is 8.56. The maximum atomic E-state index is 9.36. The van der Waals surface area contributed by atoms with Crippen LogP contribution in [0, 0.1) is 0 Å². The fourth-order valence-electron chi connectivity index (χ4n) is 3.45. The SMILES string of the molecule is CC1(C)OCC(OCC(COC2COC(C)(C)OC2)(COC2COC(C)(C)OC2)N=[N+]=[N-])CO1. The Morgan fingerprint density at radius 1 is 0.647 bits per heavy atom. The lowest BCUT2D eigenvalue weighted by Crippen LogP contribution is -2.51. The molecule has 0 amide bonds. The predicted octanol–water partition coefficient (Wildman–Crippen LogP) is 2.54. The van der Waals surface area contributed by atoms with E-state index in [1.54, 1.807) is 0 Å². The van der Waals surface area contributed by atoms with Crippen molar-refractivity contribution in [1.82, 2.24) is 0 Å². The maximum Gasteiger partial charge on any atom is 0.163 e. The van der Waals surface area contributed by atoms with Crippen molar-refractivity contribution in [2.45, 2.75) is 82.8 Å². The molecular weight excluding hydrogens is 450 g/mol. The van der Waals surface area contributed by atoms with Crippen LogP contribution in [-0.2, 0) is 42.6 Å². The predicted molar refractivity (Wildman–Crippen MR) is 119 cm³/mol. The number of hydrogen-bond acceptors (Lipinski definition) is 10. The first-order chi connectivity index (χ1) is 15.9. The average molecular weight is 490 g/mol. The van der Waals surface area contributed by atoms with E-state index < -0.39 is 22.9 Å². The summed E-state index contributed by atoms with van der Waals surface area (Å²) in [5, 5.41) is 4.06. The van der Waals surface area contributed by atoms with Crippen molar-refractivity contribution in [3.8, 4) is 0 Å². The highest BCUT2D eigenvalue weighted by Crippen LogP contribution is 2.25. The van der Waals surface area contributed by atoms with Gasteiger partial charge in [0.2, 0.25) is 0 Å². The molecule has 0 unspecified atom stereocenters. The quantitative estimate of drug-likeness (QED) is 0.258. The zero-order valence-electron chi connectivity index (χ0n) is 21.1. The van der Waals surface area contributed by atoms with Crippen LogP contribution >= 0.6 is 0 Å². The van der Waals surface area contributed by atoms with Crippen LogP contribution in [0.5, 0.6) is 0 Å². The first kappa shape index (κ1) is 27.5. The number of azide groups is 1. The second-order valence-electron chi connectivity index (χ2n) is 10.3. The van der Waals surface area contributed by atoms with Crippen LogP contribution in [0.3, 0.4) is 0 Å². The molecule has 0 aromatic carbocycles. The van der Waals surface area contributed by atoms with E-state index in [1.165, 1.54) is 0 Å². The Bertz CT molecular complexity index is 603. The van der Waals surface area contributed by atoms with Crippen molar-refractivity contribution in [3.05, 3.63) is 10.4 Å². The Morgan fingerprint density at radius 2 is 0.912 bits per heavy atom. The largest absolute Gasteiger partial charge is 0.373 e. The van der Waals surface area contributed by atoms with Crippen LogP contribution in [-0.4, -0.2) is 101 Å². The summed E-state index contributed by atoms with van der Waals surface area (Å²) in [4.78, 5) is 3.07. The van der Waals surface area contributed by atoms with E-state index in [2.05, 4.69) is 10.0 Å². The molecule has 34 heavy (non-hydrogen) atoms. The third-order valence-corrected chi connectivity index (χ3v) is 5.72. The molecule has 0 atom stereocenters. The lowest BCUT2D eigenvalue weighted by molar-refractivity contribution is -0.290. The minimum atomic E-state index is -1.14. The molecule has 0 saturated carbocycles. The third-order valence-electron chi connectivity index (χ3n) is 5.72. The number of ether oxygens (including phenoxy) is 9. The summed E-state index contributed by atoms with van der Waals surface area (Å²) >= 11 is 0. The van der Waals surface area contributed by atoms with Gasteiger partial charge in [0, 0.05) is 4.91 Å². The summed E-state index contributed by atoms with van der Waals surface area (Å²) in [6.45, 7) is 13.4. The zero-order chi connectivity index (χ0) is 24.9. The highest BCUT2D eigenvalue weighted by atomic mass is 16.7. The molecule has 0 aliphatic carbocycles. The Balaban J connectivity index is 1.61. The van der Waals surface area contributed by atoms with E-state index in [-0.39, 0.29) is 38.1 Å². The van der Waals surface area contributed by atoms with Crippen LogP contribution in [0.25, 0.3) is 10.4 Å². The van der Waals surface area contributed by atoms with Crippen LogP contribution in [0.2, 0.25) is 0 Å². The molecule has 0 radical (unpaired) electrons. The van der Waals surface area contributed by atoms with E-state index in [1.807, 2.05) is 41.5 Å². The van der Waals surface area contributed by atoms with Gasteiger partial charge in [-0.15, -0.1) is 0 Å². The molecule has 0 aromatic rings. The smallest absolute Gasteiger partial charge is 0.163 e. The molecular formula is C22H39N3O9. The second kappa shape index (κ2) is 11.3. The second-order valence-corrected chi connectivity index (χ2v) is 10.3. The van der Waals surface area contributed by atoms with Gasteiger partial charge in [0.25, 0.3) is 0 Å². The van der Waals surface area contributed by atoms with Gasteiger partial charge in [0.15, 0.2) is 17.4 Å². The van der Waals surface area contributed by atoms with Gasteiger partial charge in [-0.25, -0.2) is 0 Å².